The molecule has 0 bridgehead atoms. The van der Waals surface area contributed by atoms with Crippen LogP contribution in [0.1, 0.15) is 140 Å². The molecule has 0 aliphatic carbocycles. The van der Waals surface area contributed by atoms with Crippen molar-refractivity contribution in [2.75, 3.05) is 26.4 Å². The smallest absolute Gasteiger partial charge is 0.854 e. The summed E-state index contributed by atoms with van der Waals surface area (Å²) in [6.07, 6.45) is 8.61. The van der Waals surface area contributed by atoms with E-state index in [2.05, 4.69) is 0 Å². The molecule has 0 aliphatic heterocycles. The summed E-state index contributed by atoms with van der Waals surface area (Å²) in [7, 11) is 0. The van der Waals surface area contributed by atoms with Gasteiger partial charge in [0.2, 0.25) is 0 Å². The van der Waals surface area contributed by atoms with Crippen LogP contribution >= 0.6 is 0 Å². The van der Waals surface area contributed by atoms with Crippen LogP contribution in [0.15, 0.2) is 0 Å². The van der Waals surface area contributed by atoms with Crippen molar-refractivity contribution in [3.63, 3.8) is 0 Å². The van der Waals surface area contributed by atoms with Crippen LogP contribution in [-0.2, 0) is 26.2 Å². The van der Waals surface area contributed by atoms with Gasteiger partial charge in [-0.25, -0.2) is 0 Å². The first kappa shape index (κ1) is 62.0. The van der Waals surface area contributed by atoms with E-state index in [0.717, 1.165) is 70.6 Å². The quantitative estimate of drug-likeness (QED) is 0.303. The Morgan fingerprint density at radius 2 is 0.514 bits per heavy atom. The van der Waals surface area contributed by atoms with Crippen molar-refractivity contribution in [1.29, 1.82) is 0 Å². The molecule has 3 unspecified atom stereocenters. The Bertz CT molecular complexity index is 202. The van der Waals surface area contributed by atoms with E-state index >= 15 is 0 Å². The van der Waals surface area contributed by atoms with Gasteiger partial charge in [-0.2, -0.15) is 0 Å². The maximum atomic E-state index is 9.90. The molecule has 0 aliphatic rings. The van der Waals surface area contributed by atoms with E-state index in [1.165, 1.54) is 0 Å². The monoisotopic (exact) mass is 628 g/mol. The van der Waals surface area contributed by atoms with Crippen LogP contribution in [-0.4, -0.2) is 62.1 Å². The van der Waals surface area contributed by atoms with Crippen LogP contribution in [0.4, 0.5) is 0 Å². The van der Waals surface area contributed by atoms with Crippen molar-refractivity contribution in [2.24, 2.45) is 0 Å². The SMILES string of the molecule is CCC(C)[O-].CCC(C)[O-].CCC(C)[O-].CCCC[O-].CCCC[O-].CCCC[O-].CCCC[O-].[Al+3].[Zr+4]. The Morgan fingerprint density at radius 3 is 0.514 bits per heavy atom. The normalized spacial score (nSPS) is 10.6. The largest absolute Gasteiger partial charge is 4.00 e. The zero-order valence-electron chi connectivity index (χ0n) is 26.3. The Balaban J connectivity index is -0.0000000350. The van der Waals surface area contributed by atoms with Crippen LogP contribution < -0.4 is 35.7 Å². The van der Waals surface area contributed by atoms with E-state index in [4.69, 9.17) is 0 Å². The van der Waals surface area contributed by atoms with Crippen LogP contribution in [0.5, 0.6) is 0 Å². The first-order valence-electron chi connectivity index (χ1n) is 13.8. The van der Waals surface area contributed by atoms with Crippen molar-refractivity contribution >= 4 is 17.4 Å². The second-order valence-corrected chi connectivity index (χ2v) is 7.89. The Morgan fingerprint density at radius 1 is 0.405 bits per heavy atom. The molecule has 0 fully saturated rings. The molecule has 0 rings (SSSR count). The number of rotatable bonds is 11. The average Bonchev–Trinajstić information content (AvgIpc) is 2.83. The Kier molecular flexibility index (Phi) is 129. The third kappa shape index (κ3) is 200. The fourth-order valence-corrected chi connectivity index (χ4v) is 0.577. The van der Waals surface area contributed by atoms with Gasteiger partial charge in [0.05, 0.1) is 0 Å². The molecule has 37 heavy (non-hydrogen) atoms. The molecular weight excluding hydrogens is 567 g/mol. The van der Waals surface area contributed by atoms with Crippen molar-refractivity contribution in [3.05, 3.63) is 0 Å². The van der Waals surface area contributed by atoms with Gasteiger partial charge in [-0.1, -0.05) is 140 Å². The number of hydrogen-bond donors (Lipinski definition) is 0. The standard InChI is InChI=1S/7C4H9O.Al.Zr/c3*1-3-4(2)5;4*1-2-3-4-5;;/h3*4H,3H2,1-2H3;4*2-4H2,1H3;;/q7*-1;+3;+4. The molecule has 0 heterocycles. The van der Waals surface area contributed by atoms with Gasteiger partial charge < -0.3 is 35.7 Å². The third-order valence-corrected chi connectivity index (χ3v) is 3.72. The second-order valence-electron chi connectivity index (χ2n) is 7.89. The summed E-state index contributed by atoms with van der Waals surface area (Å²) in [6.45, 7) is 19.1. The number of hydrogen-bond acceptors (Lipinski definition) is 7. The van der Waals surface area contributed by atoms with Crippen LogP contribution in [0.3, 0.4) is 0 Å². The predicted octanol–water partition coefficient (Wildman–Crippen LogP) is 0.640. The fourth-order valence-electron chi connectivity index (χ4n) is 0.577. The summed E-state index contributed by atoms with van der Waals surface area (Å²) in [6, 6.07) is 0. The molecule has 0 aromatic carbocycles. The molecular formula is C28H63AlO7Zr. The van der Waals surface area contributed by atoms with E-state index in [1.54, 1.807) is 20.8 Å². The predicted molar refractivity (Wildman–Crippen MR) is 144 cm³/mol. The Labute approximate surface area is 262 Å². The topological polar surface area (TPSA) is 161 Å². The van der Waals surface area contributed by atoms with Crippen LogP contribution in [0.25, 0.3) is 0 Å². The molecule has 0 radical (unpaired) electrons. The van der Waals surface area contributed by atoms with E-state index in [-0.39, 0.29) is 88.3 Å². The summed E-state index contributed by atoms with van der Waals surface area (Å²) in [5.74, 6) is 0. The van der Waals surface area contributed by atoms with Crippen LogP contribution in [0.2, 0.25) is 0 Å². The first-order valence-corrected chi connectivity index (χ1v) is 13.8. The molecule has 0 spiro atoms. The fraction of sp³-hybridized carbons (Fsp3) is 1.00. The van der Waals surface area contributed by atoms with E-state index in [1.807, 2.05) is 48.5 Å². The molecule has 0 amide bonds. The number of unbranched alkanes of at least 4 members (excludes halogenated alkanes) is 4. The molecule has 0 saturated carbocycles. The molecule has 9 heteroatoms. The minimum Gasteiger partial charge on any atom is -0.854 e. The van der Waals surface area contributed by atoms with Gasteiger partial charge in [-0.05, 0) is 0 Å². The molecule has 0 aromatic rings. The van der Waals surface area contributed by atoms with E-state index in [9.17, 15) is 35.7 Å². The van der Waals surface area contributed by atoms with Crippen molar-refractivity contribution in [3.8, 4) is 0 Å². The van der Waals surface area contributed by atoms with Gasteiger partial charge in [0.1, 0.15) is 0 Å². The summed E-state index contributed by atoms with van der Waals surface area (Å²) in [5.41, 5.74) is 0. The minimum atomic E-state index is -0.366. The van der Waals surface area contributed by atoms with Crippen molar-refractivity contribution < 1.29 is 61.9 Å². The molecule has 0 saturated heterocycles. The van der Waals surface area contributed by atoms with Gasteiger partial charge in [0, 0.05) is 0 Å². The Hall–Kier alpha value is 1.14. The van der Waals surface area contributed by atoms with Crippen LogP contribution in [0, 0.1) is 0 Å². The molecule has 0 N–H and O–H groups in total. The van der Waals surface area contributed by atoms with Gasteiger partial charge in [0.25, 0.3) is 0 Å². The van der Waals surface area contributed by atoms with E-state index in [0.29, 0.717) is 0 Å². The minimum absolute atomic E-state index is 0. The molecule has 0 aromatic heterocycles. The van der Waals surface area contributed by atoms with Gasteiger partial charge in [0.15, 0.2) is 0 Å². The second kappa shape index (κ2) is 76.8. The van der Waals surface area contributed by atoms with Gasteiger partial charge in [-0.3, -0.25) is 0 Å². The molecule has 3 atom stereocenters. The average molecular weight is 630 g/mol. The molecule has 224 valence electrons. The molecule has 7 nitrogen and oxygen atoms in total. The first-order chi connectivity index (χ1) is 16.5. The maximum Gasteiger partial charge on any atom is 4.00 e. The zero-order valence-corrected chi connectivity index (χ0v) is 29.9. The summed E-state index contributed by atoms with van der Waals surface area (Å²) in [5, 5.41) is 67.8. The summed E-state index contributed by atoms with van der Waals surface area (Å²) < 4.78 is 0. The van der Waals surface area contributed by atoms with Crippen molar-refractivity contribution in [1.82, 2.24) is 0 Å². The third-order valence-electron chi connectivity index (χ3n) is 3.72. The van der Waals surface area contributed by atoms with Crippen molar-refractivity contribution in [2.45, 2.75) is 158 Å². The maximum absolute atomic E-state index is 9.90. The van der Waals surface area contributed by atoms with E-state index < -0.39 is 0 Å². The summed E-state index contributed by atoms with van der Waals surface area (Å²) >= 11 is 0. The van der Waals surface area contributed by atoms with Gasteiger partial charge in [-0.15, -0.1) is 44.7 Å². The zero-order chi connectivity index (χ0) is 29.3. The summed E-state index contributed by atoms with van der Waals surface area (Å²) in [4.78, 5) is 0. The van der Waals surface area contributed by atoms with Gasteiger partial charge >= 0.3 is 43.6 Å².